The lowest BCUT2D eigenvalue weighted by molar-refractivity contribution is -0.158. The molecular weight excluding hydrogens is 504 g/mol. The van der Waals surface area contributed by atoms with Crippen LogP contribution in [0.5, 0.6) is 0 Å². The van der Waals surface area contributed by atoms with Gasteiger partial charge in [0.05, 0.1) is 17.7 Å². The molecule has 0 bridgehead atoms. The molecule has 2 aromatic rings. The monoisotopic (exact) mass is 535 g/mol. The minimum Gasteiger partial charge on any atom is -0.481 e. The van der Waals surface area contributed by atoms with Crippen LogP contribution in [0.3, 0.4) is 0 Å². The molecule has 0 radical (unpaired) electrons. The molecule has 0 amide bonds. The van der Waals surface area contributed by atoms with E-state index < -0.39 is 11.4 Å². The number of hydrogen-bond donors (Lipinski definition) is 2. The molecule has 0 spiro atoms. The van der Waals surface area contributed by atoms with Crippen LogP contribution < -0.4 is 10.2 Å². The molecule has 194 valence electrons. The van der Waals surface area contributed by atoms with Gasteiger partial charge in [-0.1, -0.05) is 29.3 Å². The van der Waals surface area contributed by atoms with Gasteiger partial charge in [0.2, 0.25) is 5.95 Å². The number of carbonyl (C=O) groups is 1. The summed E-state index contributed by atoms with van der Waals surface area (Å²) in [6, 6.07) is 4.52. The number of nitrogens with one attached hydrogen (secondary N) is 1. The Morgan fingerprint density at radius 3 is 2.67 bits per heavy atom. The Morgan fingerprint density at radius 1 is 1.22 bits per heavy atom. The van der Waals surface area contributed by atoms with Crippen LogP contribution in [-0.2, 0) is 4.79 Å². The van der Waals surface area contributed by atoms with E-state index in [2.05, 4.69) is 25.1 Å². The number of benzene rings is 1. The van der Waals surface area contributed by atoms with E-state index >= 15 is 0 Å². The second-order valence-corrected chi connectivity index (χ2v) is 11.7. The summed E-state index contributed by atoms with van der Waals surface area (Å²) in [5, 5.41) is 13.5. The third-order valence-corrected chi connectivity index (χ3v) is 8.87. The number of hydrogen-bond acceptors (Lipinski definition) is 6. The standard InChI is InChI=1S/C26H32Cl2FN5O2/c1-15(20-6-5-18(29)8-21(20)27)31-23-22(28)11-30-25(32-23)34-13-17(14-34)16-4-3-7-33(12-16)19-9-26(2,10-19)24(35)36/h5-6,8,11,15-17,19H,3-4,7,9-10,12-14H2,1-2H3,(H,35,36)(H,30,31,32)/t15-,16+,19?,26?/m1/s1. The van der Waals surface area contributed by atoms with Gasteiger partial charge in [0, 0.05) is 30.7 Å². The summed E-state index contributed by atoms with van der Waals surface area (Å²) in [6.45, 7) is 7.70. The van der Waals surface area contributed by atoms with Crippen LogP contribution >= 0.6 is 23.2 Å². The first-order valence-electron chi connectivity index (χ1n) is 12.6. The summed E-state index contributed by atoms with van der Waals surface area (Å²) < 4.78 is 13.4. The average molecular weight is 536 g/mol. The number of aromatic nitrogens is 2. The maximum atomic E-state index is 13.4. The molecule has 2 N–H and O–H groups in total. The summed E-state index contributed by atoms with van der Waals surface area (Å²) >= 11 is 12.6. The van der Waals surface area contributed by atoms with Gasteiger partial charge in [0.1, 0.15) is 10.8 Å². The van der Waals surface area contributed by atoms with Crippen LogP contribution in [0.2, 0.25) is 10.0 Å². The number of halogens is 3. The largest absolute Gasteiger partial charge is 0.481 e. The predicted molar refractivity (Wildman–Crippen MR) is 139 cm³/mol. The number of nitrogens with zero attached hydrogens (tertiary/aromatic N) is 4. The van der Waals surface area contributed by atoms with Crippen LogP contribution in [0.1, 0.15) is 51.1 Å². The van der Waals surface area contributed by atoms with Crippen molar-refractivity contribution in [1.29, 1.82) is 0 Å². The Kier molecular flexibility index (Phi) is 7.05. The van der Waals surface area contributed by atoms with Gasteiger partial charge in [-0.2, -0.15) is 4.98 Å². The predicted octanol–water partition coefficient (Wildman–Crippen LogP) is 5.50. The van der Waals surface area contributed by atoms with Crippen molar-refractivity contribution >= 4 is 40.9 Å². The smallest absolute Gasteiger partial charge is 0.309 e. The lowest BCUT2D eigenvalue weighted by Gasteiger charge is -2.52. The molecule has 2 saturated heterocycles. The van der Waals surface area contributed by atoms with Crippen molar-refractivity contribution in [1.82, 2.24) is 14.9 Å². The molecule has 36 heavy (non-hydrogen) atoms. The fraction of sp³-hybridized carbons (Fsp3) is 0.577. The van der Waals surface area contributed by atoms with E-state index in [-0.39, 0.29) is 11.9 Å². The molecule has 3 heterocycles. The topological polar surface area (TPSA) is 81.6 Å². The SMILES string of the molecule is C[C@@H](Nc1nc(N2CC([C@H]3CCCN(C4CC(C)(C(=O)O)C4)C3)C2)ncc1Cl)c1ccc(F)cc1Cl. The molecule has 3 fully saturated rings. The number of rotatable bonds is 7. The highest BCUT2D eigenvalue weighted by Gasteiger charge is 2.49. The first-order chi connectivity index (χ1) is 17.1. The molecule has 1 saturated carbocycles. The number of carboxylic acids is 1. The van der Waals surface area contributed by atoms with Crippen LogP contribution in [-0.4, -0.2) is 58.2 Å². The summed E-state index contributed by atoms with van der Waals surface area (Å²) in [6.07, 6.45) is 5.49. The quantitative estimate of drug-likeness (QED) is 0.484. The fourth-order valence-electron chi connectivity index (χ4n) is 5.89. The lowest BCUT2D eigenvalue weighted by atomic mass is 9.65. The molecule has 0 unspecified atom stereocenters. The van der Waals surface area contributed by atoms with E-state index in [1.807, 2.05) is 13.8 Å². The molecule has 2 aliphatic heterocycles. The van der Waals surface area contributed by atoms with Gasteiger partial charge in [-0.25, -0.2) is 9.37 Å². The van der Waals surface area contributed by atoms with E-state index in [4.69, 9.17) is 23.2 Å². The third kappa shape index (κ3) is 5.00. The Hall–Kier alpha value is -2.16. The summed E-state index contributed by atoms with van der Waals surface area (Å²) in [5.41, 5.74) is 0.206. The first-order valence-corrected chi connectivity index (χ1v) is 13.3. The van der Waals surface area contributed by atoms with E-state index in [0.29, 0.717) is 39.7 Å². The zero-order valence-electron chi connectivity index (χ0n) is 20.6. The maximum absolute atomic E-state index is 13.4. The number of anilines is 2. The minimum atomic E-state index is -0.672. The summed E-state index contributed by atoms with van der Waals surface area (Å²) in [7, 11) is 0. The Morgan fingerprint density at radius 2 is 1.97 bits per heavy atom. The van der Waals surface area contributed by atoms with Gasteiger partial charge >= 0.3 is 5.97 Å². The molecular formula is C26H32Cl2FN5O2. The summed E-state index contributed by atoms with van der Waals surface area (Å²) in [5.74, 6) is 1.29. The lowest BCUT2D eigenvalue weighted by Crippen LogP contribution is -2.58. The Balaban J connectivity index is 1.17. The normalized spacial score (nSPS) is 27.8. The number of aliphatic carboxylic acids is 1. The van der Waals surface area contributed by atoms with E-state index in [0.717, 1.165) is 51.0 Å². The Bertz CT molecular complexity index is 1140. The van der Waals surface area contributed by atoms with Crippen LogP contribution in [0.4, 0.5) is 16.2 Å². The number of piperidine rings is 1. The molecule has 10 heteroatoms. The van der Waals surface area contributed by atoms with Crippen molar-refractivity contribution in [2.45, 2.75) is 51.6 Å². The molecule has 1 aliphatic carbocycles. The van der Waals surface area contributed by atoms with Gasteiger partial charge in [-0.15, -0.1) is 0 Å². The highest BCUT2D eigenvalue weighted by molar-refractivity contribution is 6.33. The first kappa shape index (κ1) is 25.5. The Labute approximate surface area is 221 Å². The van der Waals surface area contributed by atoms with E-state index in [1.165, 1.54) is 18.6 Å². The van der Waals surface area contributed by atoms with E-state index in [9.17, 15) is 14.3 Å². The van der Waals surface area contributed by atoms with Crippen LogP contribution in [0, 0.1) is 23.1 Å². The van der Waals surface area contributed by atoms with Crippen molar-refractivity contribution < 1.29 is 14.3 Å². The molecule has 1 aromatic heterocycles. The molecule has 1 aromatic carbocycles. The van der Waals surface area contributed by atoms with Gasteiger partial charge in [-0.05, 0) is 75.6 Å². The van der Waals surface area contributed by atoms with Crippen LogP contribution in [0.25, 0.3) is 0 Å². The fourth-order valence-corrected chi connectivity index (χ4v) is 6.37. The minimum absolute atomic E-state index is 0.217. The second kappa shape index (κ2) is 9.95. The molecule has 3 aliphatic rings. The molecule has 5 rings (SSSR count). The van der Waals surface area contributed by atoms with Gasteiger partial charge < -0.3 is 20.2 Å². The summed E-state index contributed by atoms with van der Waals surface area (Å²) in [4.78, 5) is 25.3. The van der Waals surface area contributed by atoms with Crippen molar-refractivity contribution in [2.75, 3.05) is 36.4 Å². The van der Waals surface area contributed by atoms with Crippen molar-refractivity contribution in [3.05, 3.63) is 45.8 Å². The number of carboxylic acid groups (broad SMARTS) is 1. The van der Waals surface area contributed by atoms with E-state index in [1.54, 1.807) is 12.3 Å². The number of likely N-dealkylation sites (tertiary alicyclic amines) is 1. The highest BCUT2D eigenvalue weighted by Crippen LogP contribution is 2.45. The van der Waals surface area contributed by atoms with Crippen LogP contribution in [0.15, 0.2) is 24.4 Å². The molecule has 7 nitrogen and oxygen atoms in total. The van der Waals surface area contributed by atoms with Crippen molar-refractivity contribution in [2.24, 2.45) is 17.3 Å². The zero-order valence-corrected chi connectivity index (χ0v) is 22.1. The van der Waals surface area contributed by atoms with Gasteiger partial charge in [0.15, 0.2) is 5.82 Å². The third-order valence-electron chi connectivity index (χ3n) is 8.27. The van der Waals surface area contributed by atoms with Gasteiger partial charge in [-0.3, -0.25) is 4.79 Å². The zero-order chi connectivity index (χ0) is 25.6. The molecule has 2 atom stereocenters. The maximum Gasteiger partial charge on any atom is 0.309 e. The average Bonchev–Trinajstić information content (AvgIpc) is 2.78. The van der Waals surface area contributed by atoms with Gasteiger partial charge in [0.25, 0.3) is 0 Å². The second-order valence-electron chi connectivity index (χ2n) is 10.9. The van der Waals surface area contributed by atoms with Crippen molar-refractivity contribution in [3.63, 3.8) is 0 Å². The van der Waals surface area contributed by atoms with Crippen molar-refractivity contribution in [3.8, 4) is 0 Å². The highest BCUT2D eigenvalue weighted by atomic mass is 35.5.